The third-order valence-electron chi connectivity index (χ3n) is 2.17. The normalized spacial score (nSPS) is 10.4. The molecule has 6 heteroatoms. The molecule has 0 atom stereocenters. The minimum Gasteiger partial charge on any atom is -0.481 e. The Bertz CT molecular complexity index is 496. The molecule has 88 valence electrons. The zero-order chi connectivity index (χ0) is 12.1. The number of carboxylic acid groups (broad SMARTS) is 1. The fourth-order valence-corrected chi connectivity index (χ4v) is 1.36. The molecule has 2 aromatic heterocycles. The number of carbonyl (C=O) groups is 1. The van der Waals surface area contributed by atoms with E-state index in [2.05, 4.69) is 15.1 Å². The van der Waals surface area contributed by atoms with Gasteiger partial charge in [0, 0.05) is 25.2 Å². The third-order valence-corrected chi connectivity index (χ3v) is 2.17. The maximum Gasteiger partial charge on any atom is 0.303 e. The summed E-state index contributed by atoms with van der Waals surface area (Å²) in [5.74, 6) is 0.0342. The van der Waals surface area contributed by atoms with Gasteiger partial charge in [-0.15, -0.1) is 0 Å². The Morgan fingerprint density at radius 2 is 2.12 bits per heavy atom. The smallest absolute Gasteiger partial charge is 0.303 e. The van der Waals surface area contributed by atoms with Gasteiger partial charge in [-0.25, -0.2) is 0 Å². The lowest BCUT2D eigenvalue weighted by Gasteiger charge is -1.93. The Hall–Kier alpha value is -2.24. The van der Waals surface area contributed by atoms with Crippen LogP contribution in [0.5, 0.6) is 0 Å². The second-order valence-corrected chi connectivity index (χ2v) is 3.53. The van der Waals surface area contributed by atoms with Gasteiger partial charge in [0.05, 0.1) is 6.42 Å². The van der Waals surface area contributed by atoms with Crippen LogP contribution in [-0.2, 0) is 17.6 Å². The highest BCUT2D eigenvalue weighted by molar-refractivity contribution is 5.66. The van der Waals surface area contributed by atoms with E-state index in [1.165, 1.54) is 0 Å². The van der Waals surface area contributed by atoms with E-state index >= 15 is 0 Å². The fraction of sp³-hybridized carbons (Fsp3) is 0.273. The van der Waals surface area contributed by atoms with Crippen molar-refractivity contribution in [3.63, 3.8) is 0 Å². The standard InChI is InChI=1S/C11H11N3O3/c15-11(16)2-1-10-13-9(14-17-10)7-8-3-5-12-6-4-8/h3-6H,1-2,7H2,(H,15,16). The summed E-state index contributed by atoms with van der Waals surface area (Å²) >= 11 is 0. The lowest BCUT2D eigenvalue weighted by atomic mass is 10.2. The molecule has 1 N–H and O–H groups in total. The van der Waals surface area contributed by atoms with Gasteiger partial charge < -0.3 is 9.63 Å². The van der Waals surface area contributed by atoms with Crippen molar-refractivity contribution in [2.45, 2.75) is 19.3 Å². The van der Waals surface area contributed by atoms with Gasteiger partial charge in [-0.05, 0) is 17.7 Å². The number of rotatable bonds is 5. The number of aryl methyl sites for hydroxylation is 1. The predicted molar refractivity (Wildman–Crippen MR) is 57.3 cm³/mol. The van der Waals surface area contributed by atoms with E-state index in [4.69, 9.17) is 9.63 Å². The summed E-state index contributed by atoms with van der Waals surface area (Å²) in [7, 11) is 0. The molecular formula is C11H11N3O3. The van der Waals surface area contributed by atoms with Crippen LogP contribution in [0.15, 0.2) is 29.0 Å². The number of hydrogen-bond acceptors (Lipinski definition) is 5. The van der Waals surface area contributed by atoms with Crippen molar-refractivity contribution in [1.82, 2.24) is 15.1 Å². The lowest BCUT2D eigenvalue weighted by molar-refractivity contribution is -0.137. The molecule has 0 aromatic carbocycles. The van der Waals surface area contributed by atoms with E-state index in [-0.39, 0.29) is 12.8 Å². The van der Waals surface area contributed by atoms with Crippen LogP contribution >= 0.6 is 0 Å². The number of pyridine rings is 1. The van der Waals surface area contributed by atoms with Crippen molar-refractivity contribution in [2.75, 3.05) is 0 Å². The molecule has 2 heterocycles. The summed E-state index contributed by atoms with van der Waals surface area (Å²) in [6, 6.07) is 3.74. The van der Waals surface area contributed by atoms with Gasteiger partial charge in [-0.3, -0.25) is 9.78 Å². The first-order valence-corrected chi connectivity index (χ1v) is 5.16. The summed E-state index contributed by atoms with van der Waals surface area (Å²) in [6.07, 6.45) is 4.20. The summed E-state index contributed by atoms with van der Waals surface area (Å²) < 4.78 is 4.95. The Balaban J connectivity index is 1.97. The highest BCUT2D eigenvalue weighted by Crippen LogP contribution is 2.06. The molecule has 2 rings (SSSR count). The molecule has 0 aliphatic rings. The second kappa shape index (κ2) is 5.20. The van der Waals surface area contributed by atoms with Crippen molar-refractivity contribution in [1.29, 1.82) is 0 Å². The summed E-state index contributed by atoms with van der Waals surface area (Å²) in [5.41, 5.74) is 1.03. The molecular weight excluding hydrogens is 222 g/mol. The van der Waals surface area contributed by atoms with Crippen molar-refractivity contribution in [3.8, 4) is 0 Å². The molecule has 0 bridgehead atoms. The van der Waals surface area contributed by atoms with Crippen molar-refractivity contribution in [3.05, 3.63) is 41.8 Å². The Labute approximate surface area is 97.3 Å². The maximum atomic E-state index is 10.4. The van der Waals surface area contributed by atoms with Crippen LogP contribution in [0.1, 0.15) is 23.7 Å². The van der Waals surface area contributed by atoms with Gasteiger partial charge in [0.25, 0.3) is 0 Å². The number of aliphatic carboxylic acids is 1. The molecule has 17 heavy (non-hydrogen) atoms. The quantitative estimate of drug-likeness (QED) is 0.830. The van der Waals surface area contributed by atoms with Crippen LogP contribution in [0.25, 0.3) is 0 Å². The zero-order valence-corrected chi connectivity index (χ0v) is 9.04. The SMILES string of the molecule is O=C(O)CCc1nc(Cc2ccncc2)no1. The van der Waals surface area contributed by atoms with Gasteiger partial charge >= 0.3 is 5.97 Å². The van der Waals surface area contributed by atoms with Gasteiger partial charge in [-0.1, -0.05) is 5.16 Å². The van der Waals surface area contributed by atoms with E-state index < -0.39 is 5.97 Å². The molecule has 0 unspecified atom stereocenters. The highest BCUT2D eigenvalue weighted by Gasteiger charge is 2.08. The van der Waals surface area contributed by atoms with Crippen molar-refractivity contribution < 1.29 is 14.4 Å². The molecule has 0 spiro atoms. The highest BCUT2D eigenvalue weighted by atomic mass is 16.5. The average Bonchev–Trinajstić information content (AvgIpc) is 2.75. The molecule has 0 saturated heterocycles. The number of nitrogens with zero attached hydrogens (tertiary/aromatic N) is 3. The largest absolute Gasteiger partial charge is 0.481 e. The van der Waals surface area contributed by atoms with Crippen molar-refractivity contribution in [2.24, 2.45) is 0 Å². The number of hydrogen-bond donors (Lipinski definition) is 1. The maximum absolute atomic E-state index is 10.4. The Kier molecular flexibility index (Phi) is 3.44. The number of carboxylic acids is 1. The van der Waals surface area contributed by atoms with Crippen molar-refractivity contribution >= 4 is 5.97 Å². The molecule has 0 saturated carbocycles. The lowest BCUT2D eigenvalue weighted by Crippen LogP contribution is -1.98. The molecule has 0 aliphatic carbocycles. The fourth-order valence-electron chi connectivity index (χ4n) is 1.36. The first-order chi connectivity index (χ1) is 8.24. The minimum absolute atomic E-state index is 0.00309. The third kappa shape index (κ3) is 3.37. The van der Waals surface area contributed by atoms with E-state index in [1.807, 2.05) is 12.1 Å². The molecule has 0 aliphatic heterocycles. The molecule has 0 fully saturated rings. The molecule has 6 nitrogen and oxygen atoms in total. The zero-order valence-electron chi connectivity index (χ0n) is 9.04. The minimum atomic E-state index is -0.876. The monoisotopic (exact) mass is 233 g/mol. The van der Waals surface area contributed by atoms with E-state index in [1.54, 1.807) is 12.4 Å². The van der Waals surface area contributed by atoms with E-state index in [0.717, 1.165) is 5.56 Å². The summed E-state index contributed by atoms with van der Waals surface area (Å²) in [6.45, 7) is 0. The second-order valence-electron chi connectivity index (χ2n) is 3.53. The van der Waals surface area contributed by atoms with Gasteiger partial charge in [0.1, 0.15) is 0 Å². The number of aromatic nitrogens is 3. The van der Waals surface area contributed by atoms with E-state index in [0.29, 0.717) is 18.1 Å². The van der Waals surface area contributed by atoms with Gasteiger partial charge in [0.15, 0.2) is 5.82 Å². The Morgan fingerprint density at radius 3 is 2.82 bits per heavy atom. The van der Waals surface area contributed by atoms with E-state index in [9.17, 15) is 4.79 Å². The Morgan fingerprint density at radius 1 is 1.35 bits per heavy atom. The van der Waals surface area contributed by atoms with Crippen LogP contribution in [0.2, 0.25) is 0 Å². The molecule has 2 aromatic rings. The molecule has 0 radical (unpaired) electrons. The first kappa shape index (κ1) is 11.3. The van der Waals surface area contributed by atoms with Crippen LogP contribution in [0.3, 0.4) is 0 Å². The van der Waals surface area contributed by atoms with Gasteiger partial charge in [-0.2, -0.15) is 4.98 Å². The van der Waals surface area contributed by atoms with Crippen LogP contribution in [-0.4, -0.2) is 26.2 Å². The van der Waals surface area contributed by atoms with Gasteiger partial charge in [0.2, 0.25) is 5.89 Å². The van der Waals surface area contributed by atoms with Crippen LogP contribution in [0.4, 0.5) is 0 Å². The summed E-state index contributed by atoms with van der Waals surface area (Å²) in [5, 5.41) is 12.3. The van der Waals surface area contributed by atoms with Crippen LogP contribution < -0.4 is 0 Å². The molecule has 0 amide bonds. The topological polar surface area (TPSA) is 89.1 Å². The summed E-state index contributed by atoms with van der Waals surface area (Å²) in [4.78, 5) is 18.4. The van der Waals surface area contributed by atoms with Crippen LogP contribution in [0, 0.1) is 0 Å². The predicted octanol–water partition coefficient (Wildman–Crippen LogP) is 1.07. The first-order valence-electron chi connectivity index (χ1n) is 5.16. The average molecular weight is 233 g/mol.